The Morgan fingerprint density at radius 3 is 2.65 bits per heavy atom. The van der Waals surface area contributed by atoms with Crippen LogP contribution in [-0.2, 0) is 11.2 Å². The molecule has 0 bridgehead atoms. The number of halogens is 1. The van der Waals surface area contributed by atoms with E-state index in [1.54, 1.807) is 0 Å². The normalized spacial score (nSPS) is 17.1. The van der Waals surface area contributed by atoms with Gasteiger partial charge in [-0.25, -0.2) is 0 Å². The smallest absolute Gasteiger partial charge is 0.220 e. The molecule has 1 aromatic carbocycles. The van der Waals surface area contributed by atoms with E-state index in [1.165, 1.54) is 0 Å². The van der Waals surface area contributed by atoms with E-state index in [0.717, 1.165) is 31.2 Å². The molecule has 0 spiro atoms. The zero-order valence-corrected chi connectivity index (χ0v) is 12.5. The van der Waals surface area contributed by atoms with Crippen molar-refractivity contribution >= 4 is 17.5 Å². The van der Waals surface area contributed by atoms with Gasteiger partial charge in [-0.15, -0.1) is 0 Å². The molecule has 1 aliphatic carbocycles. The molecule has 0 atom stereocenters. The quantitative estimate of drug-likeness (QED) is 0.848. The predicted octanol–water partition coefficient (Wildman–Crippen LogP) is 2.94. The number of carbonyl (C=O) groups is 1. The first kappa shape index (κ1) is 15.3. The van der Waals surface area contributed by atoms with E-state index in [-0.39, 0.29) is 17.9 Å². The number of aryl methyl sites for hydroxylation is 1. The number of amides is 1. The first-order valence-electron chi connectivity index (χ1n) is 7.26. The second kappa shape index (κ2) is 7.09. The van der Waals surface area contributed by atoms with Crippen molar-refractivity contribution in [1.29, 1.82) is 0 Å². The minimum atomic E-state index is -0.0833. The number of benzene rings is 1. The van der Waals surface area contributed by atoms with Crippen molar-refractivity contribution in [2.24, 2.45) is 5.41 Å². The van der Waals surface area contributed by atoms with Crippen LogP contribution in [0.2, 0.25) is 5.02 Å². The maximum absolute atomic E-state index is 11.9. The van der Waals surface area contributed by atoms with E-state index in [2.05, 4.69) is 5.32 Å². The van der Waals surface area contributed by atoms with E-state index < -0.39 is 0 Å². The Morgan fingerprint density at radius 1 is 1.30 bits per heavy atom. The predicted molar refractivity (Wildman–Crippen MR) is 80.8 cm³/mol. The van der Waals surface area contributed by atoms with E-state index >= 15 is 0 Å². The lowest BCUT2D eigenvalue weighted by Crippen LogP contribution is -2.38. The fourth-order valence-electron chi connectivity index (χ4n) is 2.84. The van der Waals surface area contributed by atoms with Crippen molar-refractivity contribution in [3.63, 3.8) is 0 Å². The summed E-state index contributed by atoms with van der Waals surface area (Å²) in [5, 5.41) is 13.2. The number of carbonyl (C=O) groups excluding carboxylic acids is 1. The maximum Gasteiger partial charge on any atom is 0.220 e. The van der Waals surface area contributed by atoms with Crippen LogP contribution in [0.15, 0.2) is 24.3 Å². The minimum absolute atomic E-state index is 0.0321. The summed E-state index contributed by atoms with van der Waals surface area (Å²) in [6.45, 7) is 0.753. The third kappa shape index (κ3) is 3.97. The van der Waals surface area contributed by atoms with Gasteiger partial charge in [0.25, 0.3) is 0 Å². The van der Waals surface area contributed by atoms with Crippen molar-refractivity contribution in [1.82, 2.24) is 5.32 Å². The summed E-state index contributed by atoms with van der Waals surface area (Å²) in [5.74, 6) is 0.0321. The second-order valence-electron chi connectivity index (χ2n) is 5.73. The highest BCUT2D eigenvalue weighted by Crippen LogP contribution is 2.36. The first-order valence-corrected chi connectivity index (χ1v) is 7.64. The molecule has 1 saturated carbocycles. The number of hydrogen-bond acceptors (Lipinski definition) is 2. The van der Waals surface area contributed by atoms with Crippen molar-refractivity contribution in [2.45, 2.75) is 38.5 Å². The van der Waals surface area contributed by atoms with Crippen molar-refractivity contribution < 1.29 is 9.90 Å². The largest absolute Gasteiger partial charge is 0.396 e. The lowest BCUT2D eigenvalue weighted by atomic mass is 9.87. The molecule has 1 aliphatic rings. The number of nitrogens with one attached hydrogen (secondary N) is 1. The van der Waals surface area contributed by atoms with E-state index in [1.807, 2.05) is 24.3 Å². The molecule has 2 N–H and O–H groups in total. The minimum Gasteiger partial charge on any atom is -0.396 e. The van der Waals surface area contributed by atoms with Gasteiger partial charge >= 0.3 is 0 Å². The van der Waals surface area contributed by atoms with Gasteiger partial charge in [-0.3, -0.25) is 4.79 Å². The summed E-state index contributed by atoms with van der Waals surface area (Å²) in [7, 11) is 0. The highest BCUT2D eigenvalue weighted by Gasteiger charge is 2.33. The third-order valence-corrected chi connectivity index (χ3v) is 4.61. The van der Waals surface area contributed by atoms with Crippen LogP contribution in [-0.4, -0.2) is 24.2 Å². The molecule has 0 aliphatic heterocycles. The van der Waals surface area contributed by atoms with Gasteiger partial charge in [0.1, 0.15) is 0 Å². The maximum atomic E-state index is 11.9. The number of rotatable bonds is 6. The van der Waals surface area contributed by atoms with Gasteiger partial charge in [-0.1, -0.05) is 42.6 Å². The van der Waals surface area contributed by atoms with Crippen LogP contribution in [0.4, 0.5) is 0 Å². The Morgan fingerprint density at radius 2 is 2.00 bits per heavy atom. The molecule has 20 heavy (non-hydrogen) atoms. The Balaban J connectivity index is 1.77. The third-order valence-electron chi connectivity index (χ3n) is 4.24. The summed E-state index contributed by atoms with van der Waals surface area (Å²) in [5.41, 5.74) is 0.919. The summed E-state index contributed by atoms with van der Waals surface area (Å²) < 4.78 is 0. The number of aliphatic hydroxyl groups is 1. The molecular formula is C16H22ClNO2. The summed E-state index contributed by atoms with van der Waals surface area (Å²) in [6.07, 6.45) is 5.40. The van der Waals surface area contributed by atoms with Crippen LogP contribution in [0.3, 0.4) is 0 Å². The fraction of sp³-hybridized carbons (Fsp3) is 0.562. The van der Waals surface area contributed by atoms with E-state index in [4.69, 9.17) is 11.6 Å². The lowest BCUT2D eigenvalue weighted by Gasteiger charge is -2.26. The van der Waals surface area contributed by atoms with E-state index in [9.17, 15) is 9.90 Å². The molecule has 0 unspecified atom stereocenters. The van der Waals surface area contributed by atoms with Gasteiger partial charge < -0.3 is 10.4 Å². The molecule has 1 aromatic rings. The highest BCUT2D eigenvalue weighted by molar-refractivity contribution is 6.31. The molecule has 2 rings (SSSR count). The Kier molecular flexibility index (Phi) is 5.44. The Hall–Kier alpha value is -1.06. The van der Waals surface area contributed by atoms with Crippen LogP contribution >= 0.6 is 11.6 Å². The summed E-state index contributed by atoms with van der Waals surface area (Å²) >= 11 is 6.07. The SMILES string of the molecule is O=C(CCc1ccccc1Cl)NCC1(CO)CCCC1. The zero-order chi connectivity index (χ0) is 14.4. The molecule has 0 saturated heterocycles. The summed E-state index contributed by atoms with van der Waals surface area (Å²) in [6, 6.07) is 7.60. The van der Waals surface area contributed by atoms with E-state index in [0.29, 0.717) is 24.4 Å². The van der Waals surface area contributed by atoms with Crippen LogP contribution in [0, 0.1) is 5.41 Å². The highest BCUT2D eigenvalue weighted by atomic mass is 35.5. The van der Waals surface area contributed by atoms with Gasteiger partial charge in [0.2, 0.25) is 5.91 Å². The monoisotopic (exact) mass is 295 g/mol. The van der Waals surface area contributed by atoms with Crippen LogP contribution < -0.4 is 5.32 Å². The lowest BCUT2D eigenvalue weighted by molar-refractivity contribution is -0.121. The fourth-order valence-corrected chi connectivity index (χ4v) is 3.07. The Bertz CT molecular complexity index is 456. The molecule has 1 fully saturated rings. The van der Waals surface area contributed by atoms with Crippen LogP contribution in [0.1, 0.15) is 37.7 Å². The van der Waals surface area contributed by atoms with Crippen LogP contribution in [0.25, 0.3) is 0 Å². The number of hydrogen-bond donors (Lipinski definition) is 2. The van der Waals surface area contributed by atoms with Crippen molar-refractivity contribution in [3.8, 4) is 0 Å². The molecule has 3 nitrogen and oxygen atoms in total. The molecule has 0 aromatic heterocycles. The van der Waals surface area contributed by atoms with Crippen molar-refractivity contribution in [2.75, 3.05) is 13.2 Å². The molecule has 110 valence electrons. The van der Waals surface area contributed by atoms with Gasteiger partial charge in [0.15, 0.2) is 0 Å². The van der Waals surface area contributed by atoms with Gasteiger partial charge in [-0.05, 0) is 30.9 Å². The van der Waals surface area contributed by atoms with Gasteiger partial charge in [0.05, 0.1) is 6.61 Å². The molecule has 4 heteroatoms. The molecular weight excluding hydrogens is 274 g/mol. The Labute approximate surface area is 125 Å². The summed E-state index contributed by atoms with van der Waals surface area (Å²) in [4.78, 5) is 11.9. The topological polar surface area (TPSA) is 49.3 Å². The molecule has 0 heterocycles. The first-order chi connectivity index (χ1) is 9.65. The van der Waals surface area contributed by atoms with Gasteiger partial charge in [-0.2, -0.15) is 0 Å². The number of aliphatic hydroxyl groups excluding tert-OH is 1. The second-order valence-corrected chi connectivity index (χ2v) is 6.14. The average molecular weight is 296 g/mol. The molecule has 0 radical (unpaired) electrons. The van der Waals surface area contributed by atoms with Crippen LogP contribution in [0.5, 0.6) is 0 Å². The zero-order valence-electron chi connectivity index (χ0n) is 11.7. The standard InChI is InChI=1S/C16H22ClNO2/c17-14-6-2-1-5-13(14)7-8-15(20)18-11-16(12-19)9-3-4-10-16/h1-2,5-6,19H,3-4,7-12H2,(H,18,20). The molecule has 1 amide bonds. The average Bonchev–Trinajstić information content (AvgIpc) is 2.94. The van der Waals surface area contributed by atoms with Crippen molar-refractivity contribution in [3.05, 3.63) is 34.9 Å². The van der Waals surface area contributed by atoms with Gasteiger partial charge in [0, 0.05) is 23.4 Å².